The van der Waals surface area contributed by atoms with E-state index in [0.29, 0.717) is 17.4 Å². The summed E-state index contributed by atoms with van der Waals surface area (Å²) in [6.07, 6.45) is 1.66. The molecule has 0 saturated carbocycles. The minimum absolute atomic E-state index is 0.348. The Bertz CT molecular complexity index is 669. The lowest BCUT2D eigenvalue weighted by molar-refractivity contribution is 0.452. The molecule has 0 N–H and O–H groups in total. The van der Waals surface area contributed by atoms with Crippen molar-refractivity contribution in [2.24, 2.45) is 0 Å². The monoisotopic (exact) mass is 266 g/mol. The van der Waals surface area contributed by atoms with E-state index in [-0.39, 0.29) is 0 Å². The second-order valence-corrected chi connectivity index (χ2v) is 5.22. The second-order valence-electron chi connectivity index (χ2n) is 5.22. The SMILES string of the molecule is Cc1ccc(C(C)C)c(Oc2nccc(C)c2C#N)c1. The molecule has 0 unspecified atom stereocenters. The van der Waals surface area contributed by atoms with E-state index in [2.05, 4.69) is 37.0 Å². The minimum atomic E-state index is 0.348. The third-order valence-electron chi connectivity index (χ3n) is 3.23. The van der Waals surface area contributed by atoms with Crippen LogP contribution in [0.1, 0.15) is 42.0 Å². The lowest BCUT2D eigenvalue weighted by Crippen LogP contribution is -1.98. The normalized spacial score (nSPS) is 10.4. The average Bonchev–Trinajstić information content (AvgIpc) is 2.38. The number of aromatic nitrogens is 1. The van der Waals surface area contributed by atoms with E-state index in [1.807, 2.05) is 26.0 Å². The van der Waals surface area contributed by atoms with Gasteiger partial charge in [0.1, 0.15) is 17.4 Å². The molecule has 1 heterocycles. The predicted molar refractivity (Wildman–Crippen MR) is 79.0 cm³/mol. The Balaban J connectivity index is 2.48. The number of aryl methyl sites for hydroxylation is 2. The summed E-state index contributed by atoms with van der Waals surface area (Å²) in [7, 11) is 0. The van der Waals surface area contributed by atoms with Gasteiger partial charge in [-0.25, -0.2) is 4.98 Å². The van der Waals surface area contributed by atoms with E-state index in [9.17, 15) is 5.26 Å². The van der Waals surface area contributed by atoms with Crippen LogP contribution >= 0.6 is 0 Å². The van der Waals surface area contributed by atoms with Crippen LogP contribution < -0.4 is 4.74 Å². The molecule has 0 aliphatic heterocycles. The molecule has 1 aromatic carbocycles. The number of nitrogens with zero attached hydrogens (tertiary/aromatic N) is 2. The summed E-state index contributed by atoms with van der Waals surface area (Å²) in [5.74, 6) is 1.50. The molecule has 0 amide bonds. The van der Waals surface area contributed by atoms with Crippen molar-refractivity contribution in [3.63, 3.8) is 0 Å². The first-order valence-corrected chi connectivity index (χ1v) is 6.67. The van der Waals surface area contributed by atoms with E-state index in [0.717, 1.165) is 22.4 Å². The number of ether oxygens (including phenoxy) is 1. The van der Waals surface area contributed by atoms with Crippen LogP contribution in [0.5, 0.6) is 11.6 Å². The summed E-state index contributed by atoms with van der Waals surface area (Å²) in [6, 6.07) is 10.1. The summed E-state index contributed by atoms with van der Waals surface area (Å²) in [5.41, 5.74) is 3.60. The molecule has 0 bridgehead atoms. The maximum atomic E-state index is 9.24. The largest absolute Gasteiger partial charge is 0.437 e. The third kappa shape index (κ3) is 2.80. The van der Waals surface area contributed by atoms with Gasteiger partial charge < -0.3 is 4.74 Å². The minimum Gasteiger partial charge on any atom is -0.437 e. The number of benzene rings is 1. The van der Waals surface area contributed by atoms with Crippen LogP contribution in [0.3, 0.4) is 0 Å². The molecular weight excluding hydrogens is 248 g/mol. The third-order valence-corrected chi connectivity index (χ3v) is 3.23. The van der Waals surface area contributed by atoms with Crippen LogP contribution in [0.4, 0.5) is 0 Å². The van der Waals surface area contributed by atoms with Crippen LogP contribution in [0.2, 0.25) is 0 Å². The maximum Gasteiger partial charge on any atom is 0.237 e. The Hall–Kier alpha value is -2.34. The molecule has 0 radical (unpaired) electrons. The molecule has 2 rings (SSSR count). The Labute approximate surface area is 119 Å². The van der Waals surface area contributed by atoms with Crippen molar-refractivity contribution < 1.29 is 4.74 Å². The van der Waals surface area contributed by atoms with Crippen LogP contribution in [0.25, 0.3) is 0 Å². The number of hydrogen-bond donors (Lipinski definition) is 0. The standard InChI is InChI=1S/C17H18N2O/c1-11(2)14-6-5-12(3)9-16(14)20-17-15(10-18)13(4)7-8-19-17/h5-9,11H,1-4H3. The number of rotatable bonds is 3. The van der Waals surface area contributed by atoms with E-state index in [1.54, 1.807) is 6.20 Å². The molecule has 20 heavy (non-hydrogen) atoms. The molecule has 0 fully saturated rings. The molecule has 1 aromatic heterocycles. The highest BCUT2D eigenvalue weighted by atomic mass is 16.5. The maximum absolute atomic E-state index is 9.24. The quantitative estimate of drug-likeness (QED) is 0.822. The summed E-state index contributed by atoms with van der Waals surface area (Å²) in [5, 5.41) is 9.24. The molecule has 0 atom stereocenters. The Kier molecular flexibility index (Phi) is 4.05. The van der Waals surface area contributed by atoms with Crippen molar-refractivity contribution in [2.75, 3.05) is 0 Å². The van der Waals surface area contributed by atoms with Gasteiger partial charge in [0, 0.05) is 6.20 Å². The van der Waals surface area contributed by atoms with Crippen molar-refractivity contribution in [2.45, 2.75) is 33.6 Å². The predicted octanol–water partition coefficient (Wildman–Crippen LogP) is 4.49. The van der Waals surface area contributed by atoms with Crippen molar-refractivity contribution >= 4 is 0 Å². The van der Waals surface area contributed by atoms with E-state index in [1.165, 1.54) is 0 Å². The first-order valence-electron chi connectivity index (χ1n) is 6.67. The zero-order valence-corrected chi connectivity index (χ0v) is 12.3. The van der Waals surface area contributed by atoms with E-state index < -0.39 is 0 Å². The summed E-state index contributed by atoms with van der Waals surface area (Å²) in [6.45, 7) is 8.14. The van der Waals surface area contributed by atoms with Crippen LogP contribution in [-0.4, -0.2) is 4.98 Å². The van der Waals surface area contributed by atoms with E-state index in [4.69, 9.17) is 4.74 Å². The van der Waals surface area contributed by atoms with Gasteiger partial charge in [0.05, 0.1) is 0 Å². The zero-order chi connectivity index (χ0) is 14.7. The highest BCUT2D eigenvalue weighted by molar-refractivity contribution is 5.47. The van der Waals surface area contributed by atoms with Crippen molar-refractivity contribution in [1.82, 2.24) is 4.98 Å². The fourth-order valence-electron chi connectivity index (χ4n) is 2.06. The molecule has 0 aliphatic carbocycles. The first-order chi connectivity index (χ1) is 9.52. The molecule has 3 nitrogen and oxygen atoms in total. The topological polar surface area (TPSA) is 45.9 Å². The van der Waals surface area contributed by atoms with Crippen molar-refractivity contribution in [1.29, 1.82) is 5.26 Å². The smallest absolute Gasteiger partial charge is 0.237 e. The van der Waals surface area contributed by atoms with Crippen LogP contribution in [0, 0.1) is 25.2 Å². The summed E-state index contributed by atoms with van der Waals surface area (Å²) in [4.78, 5) is 4.19. The zero-order valence-electron chi connectivity index (χ0n) is 12.3. The molecule has 0 aliphatic rings. The average molecular weight is 266 g/mol. The Morgan fingerprint density at radius 3 is 2.60 bits per heavy atom. The summed E-state index contributed by atoms with van der Waals surface area (Å²) >= 11 is 0. The molecule has 0 saturated heterocycles. The molecular formula is C17H18N2O. The molecule has 102 valence electrons. The van der Waals surface area contributed by atoms with Gasteiger partial charge in [-0.2, -0.15) is 5.26 Å². The van der Waals surface area contributed by atoms with Gasteiger partial charge in [-0.3, -0.25) is 0 Å². The van der Waals surface area contributed by atoms with Crippen LogP contribution in [0.15, 0.2) is 30.5 Å². The van der Waals surface area contributed by atoms with Gasteiger partial charge in [0.15, 0.2) is 0 Å². The molecule has 0 spiro atoms. The lowest BCUT2D eigenvalue weighted by Gasteiger charge is -2.15. The van der Waals surface area contributed by atoms with Gasteiger partial charge in [-0.1, -0.05) is 26.0 Å². The van der Waals surface area contributed by atoms with Crippen LogP contribution in [-0.2, 0) is 0 Å². The lowest BCUT2D eigenvalue weighted by atomic mass is 10.0. The Morgan fingerprint density at radius 2 is 1.95 bits per heavy atom. The van der Waals surface area contributed by atoms with Gasteiger partial charge in [-0.15, -0.1) is 0 Å². The Morgan fingerprint density at radius 1 is 1.20 bits per heavy atom. The van der Waals surface area contributed by atoms with Gasteiger partial charge >= 0.3 is 0 Å². The highest BCUT2D eigenvalue weighted by Gasteiger charge is 2.13. The molecule has 2 aromatic rings. The van der Waals surface area contributed by atoms with Gasteiger partial charge in [0.25, 0.3) is 0 Å². The van der Waals surface area contributed by atoms with Gasteiger partial charge in [-0.05, 0) is 48.6 Å². The second kappa shape index (κ2) is 5.75. The fraction of sp³-hybridized carbons (Fsp3) is 0.294. The highest BCUT2D eigenvalue weighted by Crippen LogP contribution is 2.32. The fourth-order valence-corrected chi connectivity index (χ4v) is 2.06. The van der Waals surface area contributed by atoms with Crippen molar-refractivity contribution in [3.8, 4) is 17.7 Å². The van der Waals surface area contributed by atoms with Gasteiger partial charge in [0.2, 0.25) is 5.88 Å². The van der Waals surface area contributed by atoms with E-state index >= 15 is 0 Å². The summed E-state index contributed by atoms with van der Waals surface area (Å²) < 4.78 is 5.92. The molecule has 3 heteroatoms. The first kappa shape index (κ1) is 14.1. The number of pyridine rings is 1. The number of nitriles is 1. The van der Waals surface area contributed by atoms with Crippen molar-refractivity contribution in [3.05, 3.63) is 52.7 Å². The number of hydrogen-bond acceptors (Lipinski definition) is 3.